The van der Waals surface area contributed by atoms with Crippen LogP contribution >= 0.6 is 7.36 Å². The minimum absolute atomic E-state index is 0. The third kappa shape index (κ3) is 29.7. The molecule has 2 atom stereocenters. The van der Waals surface area contributed by atoms with E-state index < -0.39 is 66.9 Å². The van der Waals surface area contributed by atoms with E-state index in [0.29, 0.717) is 172 Å². The summed E-state index contributed by atoms with van der Waals surface area (Å²) in [6, 6.07) is 7.69. The number of aryl methyl sites for hydroxylation is 1. The topological polar surface area (TPSA) is 119 Å². The molecule has 0 spiro atoms. The van der Waals surface area contributed by atoms with Gasteiger partial charge in [-0.15, -0.1) is 0 Å². The molecule has 2 heterocycles. The van der Waals surface area contributed by atoms with Gasteiger partial charge >= 0.3 is 47.6 Å². The molecule has 2 aromatic rings. The molecule has 0 fully saturated rings. The Morgan fingerprint density at radius 1 is 0.382 bits per heavy atom. The lowest BCUT2D eigenvalue weighted by Crippen LogP contribution is -3.00. The van der Waals surface area contributed by atoms with E-state index in [2.05, 4.69) is 6.92 Å². The number of pyridine rings is 2. The molecule has 0 saturated carbocycles. The molecule has 0 N–H and O–H groups in total. The van der Waals surface area contributed by atoms with Gasteiger partial charge in [0.05, 0.1) is 145 Å². The summed E-state index contributed by atoms with van der Waals surface area (Å²) < 4.78 is 300. The van der Waals surface area contributed by atoms with Gasteiger partial charge in [0.1, 0.15) is 13.2 Å². The normalized spacial score (nSPS) is 13.8. The minimum Gasteiger partial charge on any atom is -1.00 e. The van der Waals surface area contributed by atoms with E-state index >= 15 is 0 Å². The van der Waals surface area contributed by atoms with Gasteiger partial charge in [0.2, 0.25) is 0 Å². The van der Waals surface area contributed by atoms with Crippen LogP contribution in [0.15, 0.2) is 49.1 Å². The molecular weight excluding hydrogens is 1410 g/mol. The van der Waals surface area contributed by atoms with Gasteiger partial charge in [-0.25, -0.2) is 9.13 Å². The zero-order valence-corrected chi connectivity index (χ0v) is 54.1. The van der Waals surface area contributed by atoms with E-state index in [-0.39, 0.29) is 65.2 Å². The molecule has 35 heteroatoms. The number of aromatic nitrogens is 2. The Kier molecular flexibility index (Phi) is 44.5. The Labute approximate surface area is 535 Å². The van der Waals surface area contributed by atoms with Crippen LogP contribution in [0.25, 0.3) is 0 Å². The van der Waals surface area contributed by atoms with Gasteiger partial charge < -0.3 is 90.8 Å². The first-order valence-electron chi connectivity index (χ1n) is 27.9. The summed E-state index contributed by atoms with van der Waals surface area (Å²) in [5, 5.41) is 0. The van der Waals surface area contributed by atoms with Crippen molar-refractivity contribution in [1.82, 2.24) is 0 Å². The number of halogens is 19. The number of ether oxygens (including phenoxy) is 12. The highest BCUT2D eigenvalue weighted by atomic mass is 79.9. The molecule has 0 aliphatic carbocycles. The van der Waals surface area contributed by atoms with Gasteiger partial charge in [0.15, 0.2) is 31.3 Å². The molecular formula is C54H80Br2F17N2O12PS. The monoisotopic (exact) mass is 1490 g/mol. The number of alkyl halides is 17. The van der Waals surface area contributed by atoms with Gasteiger partial charge in [-0.3, -0.25) is 0 Å². The number of hydrogen-bond acceptors (Lipinski definition) is 13. The van der Waals surface area contributed by atoms with Crippen LogP contribution in [0, 0.1) is 0 Å². The fraction of sp³-hybridized carbons (Fsp3) is 0.815. The largest absolute Gasteiger partial charge is 1.00 e. The molecule has 14 nitrogen and oxygen atoms in total. The van der Waals surface area contributed by atoms with Crippen molar-refractivity contribution in [2.24, 2.45) is 0 Å². The lowest BCUT2D eigenvalue weighted by molar-refractivity contribution is -0.698. The van der Waals surface area contributed by atoms with Crippen molar-refractivity contribution in [2.45, 2.75) is 118 Å². The number of unbranched alkanes of at least 4 members (excludes halogenated alkanes) is 3. The smallest absolute Gasteiger partial charge is 0.460 e. The minimum atomic E-state index is -8.63. The predicted octanol–water partition coefficient (Wildman–Crippen LogP) is 4.74. The second-order valence-corrected chi connectivity index (χ2v) is 20.8. The van der Waals surface area contributed by atoms with Crippen molar-refractivity contribution >= 4 is 19.2 Å². The molecule has 2 unspecified atom stereocenters. The standard InChI is InChI=1S/C54H80F17N2O12PS.2BrH/c1-43(41-46(42-86-87)45-9-15-72(16-10-45)12-6-4-3-5-11-47(55,56)48(57,58)49(59,60)50(61,62)51(63,64)52(65,66)53(67,68)54(69,70)71)44-7-13-73(14-8-44)17-18-75-21-22-77-25-26-79-29-30-81-33-34-83-37-38-85-40-39-84-36-35-82-32-31-80-28-27-78-24-23-76-20-19-74-2;;/h7-10,13-16,43,46H,3-6,11-12,17-42H2,1-2H3;2*1H/q+2;;/p-2. The Hall–Kier alpha value is -1.89. The van der Waals surface area contributed by atoms with Gasteiger partial charge in [0.25, 0.3) is 0 Å². The van der Waals surface area contributed by atoms with Crippen molar-refractivity contribution in [3.8, 4) is 0 Å². The number of methoxy groups -OCH3 is 1. The second-order valence-electron chi connectivity index (χ2n) is 19.4. The maximum absolute atomic E-state index is 14.3. The Morgan fingerprint density at radius 2 is 0.674 bits per heavy atom. The van der Waals surface area contributed by atoms with E-state index in [1.807, 2.05) is 41.2 Å². The van der Waals surface area contributed by atoms with Gasteiger partial charge in [0, 0.05) is 50.4 Å². The maximum Gasteiger partial charge on any atom is 0.460 e. The zero-order chi connectivity index (χ0) is 64.9. The first-order chi connectivity index (χ1) is 41.1. The molecule has 0 saturated heterocycles. The van der Waals surface area contributed by atoms with Crippen LogP contribution in [-0.2, 0) is 81.7 Å². The molecule has 0 bridgehead atoms. The molecule has 2 rings (SSSR count). The first kappa shape index (κ1) is 87.1. The van der Waals surface area contributed by atoms with Crippen molar-refractivity contribution < 1.29 is 175 Å². The molecule has 522 valence electrons. The first-order valence-corrected chi connectivity index (χ1v) is 30.0. The SMILES string of the molecule is COCCOCCOCCOCCOCCOCCOCCOCCOCCOCCOCCOCC[n+]1ccc(C(C)CC(CP=S)c2cc[n+](CCCCCCC(F)(F)C(F)(F)C(F)(F)C(F)(F)C(F)(F)C(F)(F)C(F)(F)C(F)(F)F)cc2)cc1.[Br-].[Br-]. The number of nitrogens with zero attached hydrogens (tertiary/aromatic N) is 2. The van der Waals surface area contributed by atoms with Crippen LogP contribution in [0.2, 0.25) is 0 Å². The van der Waals surface area contributed by atoms with Crippen molar-refractivity contribution in [2.75, 3.05) is 165 Å². The zero-order valence-electron chi connectivity index (χ0n) is 49.2. The summed E-state index contributed by atoms with van der Waals surface area (Å²) >= 11 is 5.25. The quantitative estimate of drug-likeness (QED) is 0.0394. The number of hydrogen-bond donors (Lipinski definition) is 0. The summed E-state index contributed by atoms with van der Waals surface area (Å²) in [5.41, 5.74) is 2.03. The van der Waals surface area contributed by atoms with Gasteiger partial charge in [-0.1, -0.05) is 25.2 Å². The van der Waals surface area contributed by atoms with Crippen LogP contribution in [0.5, 0.6) is 0 Å². The highest BCUT2D eigenvalue weighted by Crippen LogP contribution is 2.64. The van der Waals surface area contributed by atoms with Gasteiger partial charge in [-0.05, 0) is 49.6 Å². The van der Waals surface area contributed by atoms with E-state index in [4.69, 9.17) is 68.6 Å². The Morgan fingerprint density at radius 3 is 1.01 bits per heavy atom. The lowest BCUT2D eigenvalue weighted by atomic mass is 9.87. The summed E-state index contributed by atoms with van der Waals surface area (Å²) in [6.45, 7) is 13.4. The van der Waals surface area contributed by atoms with E-state index in [0.717, 1.165) is 17.5 Å². The molecule has 0 aliphatic heterocycles. The Bertz CT molecular complexity index is 2120. The van der Waals surface area contributed by atoms with Crippen LogP contribution in [0.3, 0.4) is 0 Å². The summed E-state index contributed by atoms with van der Waals surface area (Å²) in [6.07, 6.45) is -3.05. The van der Waals surface area contributed by atoms with Crippen molar-refractivity contribution in [1.29, 1.82) is 0 Å². The van der Waals surface area contributed by atoms with Crippen LogP contribution in [-0.4, -0.2) is 213 Å². The van der Waals surface area contributed by atoms with Crippen molar-refractivity contribution in [3.63, 3.8) is 0 Å². The van der Waals surface area contributed by atoms with Crippen LogP contribution in [0.1, 0.15) is 68.4 Å². The second kappa shape index (κ2) is 45.5. The summed E-state index contributed by atoms with van der Waals surface area (Å²) in [4.78, 5) is 0. The summed E-state index contributed by atoms with van der Waals surface area (Å²) in [7, 11) is 2.34. The average molecular weight is 1500 g/mol. The highest BCUT2D eigenvalue weighted by Gasteiger charge is 2.95. The fourth-order valence-electron chi connectivity index (χ4n) is 7.77. The summed E-state index contributed by atoms with van der Waals surface area (Å²) in [5.74, 6) is -56.0. The van der Waals surface area contributed by atoms with Gasteiger partial charge in [-0.2, -0.15) is 74.6 Å². The number of rotatable bonds is 55. The lowest BCUT2D eigenvalue weighted by Gasteiger charge is -2.42. The molecule has 0 radical (unpaired) electrons. The van der Waals surface area contributed by atoms with E-state index in [1.165, 1.54) is 0 Å². The third-order valence-corrected chi connectivity index (χ3v) is 13.9. The molecule has 0 aromatic carbocycles. The van der Waals surface area contributed by atoms with Crippen LogP contribution < -0.4 is 43.1 Å². The third-order valence-electron chi connectivity index (χ3n) is 12.9. The molecule has 0 aliphatic rings. The maximum atomic E-state index is 14.3. The van der Waals surface area contributed by atoms with E-state index in [1.54, 1.807) is 24.1 Å². The fourth-order valence-corrected chi connectivity index (χ4v) is 8.85. The van der Waals surface area contributed by atoms with Crippen molar-refractivity contribution in [3.05, 3.63) is 60.2 Å². The van der Waals surface area contributed by atoms with Crippen LogP contribution in [0.4, 0.5) is 74.6 Å². The van der Waals surface area contributed by atoms with E-state index in [9.17, 15) is 74.6 Å². The predicted molar refractivity (Wildman–Crippen MR) is 283 cm³/mol. The molecule has 0 amide bonds. The highest BCUT2D eigenvalue weighted by molar-refractivity contribution is 7.96. The average Bonchev–Trinajstić information content (AvgIpc) is 0.701. The molecule has 2 aromatic heterocycles. The molecule has 89 heavy (non-hydrogen) atoms. The Balaban J connectivity index is 0.0000387.